The van der Waals surface area contributed by atoms with E-state index in [1.165, 1.54) is 0 Å². The molecule has 0 aliphatic carbocycles. The molecule has 3 nitrogen and oxygen atoms in total. The summed E-state index contributed by atoms with van der Waals surface area (Å²) in [5.41, 5.74) is 8.21. The van der Waals surface area contributed by atoms with Gasteiger partial charge >= 0.3 is 0 Å². The molecule has 21 heavy (non-hydrogen) atoms. The van der Waals surface area contributed by atoms with Crippen LogP contribution in [-0.4, -0.2) is 17.9 Å². The monoisotopic (exact) mass is 322 g/mol. The molecule has 0 saturated heterocycles. The first-order chi connectivity index (χ1) is 9.95. The number of amides is 1. The lowest BCUT2D eigenvalue weighted by molar-refractivity contribution is -0.129. The number of nitrogen functional groups attached to an aromatic ring is 1. The minimum Gasteiger partial charge on any atom is -0.399 e. The highest BCUT2D eigenvalue weighted by Gasteiger charge is 2.11. The van der Waals surface area contributed by atoms with E-state index >= 15 is 0 Å². The second kappa shape index (κ2) is 6.83. The molecule has 2 N–H and O–H groups in total. The summed E-state index contributed by atoms with van der Waals surface area (Å²) in [5.74, 6) is 0.0201. The highest BCUT2D eigenvalue weighted by Crippen LogP contribution is 2.23. The molecule has 5 heteroatoms. The highest BCUT2D eigenvalue weighted by atomic mass is 35.5. The van der Waals surface area contributed by atoms with Crippen LogP contribution in [0.1, 0.15) is 11.1 Å². The first-order valence-corrected chi connectivity index (χ1v) is 7.23. The van der Waals surface area contributed by atoms with Gasteiger partial charge in [-0.25, -0.2) is 0 Å². The van der Waals surface area contributed by atoms with Crippen molar-refractivity contribution in [1.82, 2.24) is 4.90 Å². The van der Waals surface area contributed by atoms with E-state index in [4.69, 9.17) is 28.9 Å². The third kappa shape index (κ3) is 4.38. The van der Waals surface area contributed by atoms with Crippen molar-refractivity contribution in [3.63, 3.8) is 0 Å². The number of carbonyl (C=O) groups excluding carboxylic acids is 1. The molecule has 0 radical (unpaired) electrons. The van der Waals surface area contributed by atoms with Crippen molar-refractivity contribution in [2.24, 2.45) is 0 Å². The van der Waals surface area contributed by atoms with Crippen molar-refractivity contribution < 1.29 is 4.79 Å². The summed E-state index contributed by atoms with van der Waals surface area (Å²) in [5, 5.41) is 1.00. The average Bonchev–Trinajstić information content (AvgIpc) is 2.43. The van der Waals surface area contributed by atoms with Crippen LogP contribution in [0.4, 0.5) is 5.69 Å². The molecule has 0 spiro atoms. The third-order valence-corrected chi connectivity index (χ3v) is 3.87. The Morgan fingerprint density at radius 3 is 2.52 bits per heavy atom. The fraction of sp³-hybridized carbons (Fsp3) is 0.188. The summed E-state index contributed by atoms with van der Waals surface area (Å²) in [6.45, 7) is 0.484. The topological polar surface area (TPSA) is 46.3 Å². The Balaban J connectivity index is 2.00. The Morgan fingerprint density at radius 2 is 1.86 bits per heavy atom. The molecular formula is C16H16Cl2N2O. The molecular weight excluding hydrogens is 307 g/mol. The number of hydrogen-bond acceptors (Lipinski definition) is 2. The van der Waals surface area contributed by atoms with Gasteiger partial charge in [0.1, 0.15) is 0 Å². The maximum Gasteiger partial charge on any atom is 0.227 e. The number of carbonyl (C=O) groups is 1. The van der Waals surface area contributed by atoms with Gasteiger partial charge in [0.05, 0.1) is 16.5 Å². The number of benzene rings is 2. The Hall–Kier alpha value is -1.71. The van der Waals surface area contributed by atoms with Gasteiger partial charge in [0.15, 0.2) is 0 Å². The van der Waals surface area contributed by atoms with Gasteiger partial charge in [-0.1, -0.05) is 41.4 Å². The Labute approximate surface area is 134 Å². The van der Waals surface area contributed by atoms with Gasteiger partial charge in [-0.3, -0.25) is 4.79 Å². The predicted octanol–water partition coefficient (Wildman–Crippen LogP) is 3.78. The summed E-state index contributed by atoms with van der Waals surface area (Å²) < 4.78 is 0. The second-order valence-corrected chi connectivity index (χ2v) is 5.73. The summed E-state index contributed by atoms with van der Waals surface area (Å²) >= 11 is 11.9. The van der Waals surface area contributed by atoms with Crippen LogP contribution >= 0.6 is 23.2 Å². The van der Waals surface area contributed by atoms with E-state index in [1.54, 1.807) is 30.1 Å². The zero-order valence-corrected chi connectivity index (χ0v) is 13.2. The molecule has 0 aromatic heterocycles. The zero-order valence-electron chi connectivity index (χ0n) is 11.6. The lowest BCUT2D eigenvalue weighted by Gasteiger charge is -2.18. The van der Waals surface area contributed by atoms with Crippen molar-refractivity contribution in [2.45, 2.75) is 13.0 Å². The first-order valence-electron chi connectivity index (χ1n) is 6.48. The molecule has 2 aromatic carbocycles. The quantitative estimate of drug-likeness (QED) is 0.871. The van der Waals surface area contributed by atoms with Gasteiger partial charge in [-0.15, -0.1) is 0 Å². The molecule has 1 amide bonds. The fourth-order valence-electron chi connectivity index (χ4n) is 2.01. The number of likely N-dealkylation sites (N-methyl/N-ethyl adjacent to an activating group) is 1. The number of nitrogens with zero attached hydrogens (tertiary/aromatic N) is 1. The van der Waals surface area contributed by atoms with E-state index in [-0.39, 0.29) is 5.91 Å². The van der Waals surface area contributed by atoms with E-state index in [1.807, 2.05) is 24.3 Å². The number of nitrogens with two attached hydrogens (primary N) is 1. The van der Waals surface area contributed by atoms with Crippen LogP contribution in [0.25, 0.3) is 0 Å². The molecule has 110 valence electrons. The van der Waals surface area contributed by atoms with Crippen molar-refractivity contribution in [1.29, 1.82) is 0 Å². The number of halogens is 2. The molecule has 0 fully saturated rings. The maximum absolute atomic E-state index is 12.2. The number of anilines is 1. The summed E-state index contributed by atoms with van der Waals surface area (Å²) in [4.78, 5) is 13.9. The third-order valence-electron chi connectivity index (χ3n) is 3.14. The van der Waals surface area contributed by atoms with Crippen LogP contribution < -0.4 is 5.73 Å². The molecule has 0 atom stereocenters. The van der Waals surface area contributed by atoms with E-state index < -0.39 is 0 Å². The SMILES string of the molecule is CN(Cc1ccc(Cl)c(Cl)c1)C(=O)Cc1cccc(N)c1. The Morgan fingerprint density at radius 1 is 1.10 bits per heavy atom. The molecule has 0 heterocycles. The van der Waals surface area contributed by atoms with E-state index in [0.717, 1.165) is 11.1 Å². The van der Waals surface area contributed by atoms with Crippen molar-refractivity contribution >= 4 is 34.8 Å². The molecule has 2 aromatic rings. The minimum absolute atomic E-state index is 0.0201. The molecule has 2 rings (SSSR count). The maximum atomic E-state index is 12.2. The van der Waals surface area contributed by atoms with Gasteiger partial charge in [0.25, 0.3) is 0 Å². The van der Waals surface area contributed by atoms with Gasteiger partial charge in [0, 0.05) is 19.3 Å². The second-order valence-electron chi connectivity index (χ2n) is 4.92. The summed E-state index contributed by atoms with van der Waals surface area (Å²) in [7, 11) is 1.76. The zero-order chi connectivity index (χ0) is 15.4. The smallest absolute Gasteiger partial charge is 0.227 e. The molecule has 0 saturated carbocycles. The van der Waals surface area contributed by atoms with Crippen molar-refractivity contribution in [2.75, 3.05) is 12.8 Å². The first kappa shape index (κ1) is 15.7. The van der Waals surface area contributed by atoms with E-state index in [0.29, 0.717) is 28.7 Å². The highest BCUT2D eigenvalue weighted by molar-refractivity contribution is 6.42. The van der Waals surface area contributed by atoms with Crippen LogP contribution in [0.5, 0.6) is 0 Å². The van der Waals surface area contributed by atoms with Crippen LogP contribution in [0.3, 0.4) is 0 Å². The predicted molar refractivity (Wildman–Crippen MR) is 87.5 cm³/mol. The van der Waals surface area contributed by atoms with Crippen molar-refractivity contribution in [3.05, 3.63) is 63.6 Å². The average molecular weight is 323 g/mol. The Bertz CT molecular complexity index is 658. The summed E-state index contributed by atoms with van der Waals surface area (Å²) in [6, 6.07) is 12.7. The fourth-order valence-corrected chi connectivity index (χ4v) is 2.33. The lowest BCUT2D eigenvalue weighted by Crippen LogP contribution is -2.27. The lowest BCUT2D eigenvalue weighted by atomic mass is 10.1. The van der Waals surface area contributed by atoms with Crippen molar-refractivity contribution in [3.8, 4) is 0 Å². The largest absolute Gasteiger partial charge is 0.399 e. The van der Waals surface area contributed by atoms with Crippen LogP contribution in [0.2, 0.25) is 10.0 Å². The van der Waals surface area contributed by atoms with E-state index in [9.17, 15) is 4.79 Å². The van der Waals surface area contributed by atoms with Gasteiger partial charge in [-0.2, -0.15) is 0 Å². The van der Waals surface area contributed by atoms with Gasteiger partial charge in [-0.05, 0) is 35.4 Å². The number of hydrogen-bond donors (Lipinski definition) is 1. The Kier molecular flexibility index (Phi) is 5.10. The standard InChI is InChI=1S/C16H16Cl2N2O/c1-20(10-12-5-6-14(17)15(18)8-12)16(21)9-11-3-2-4-13(19)7-11/h2-8H,9-10,19H2,1H3. The molecule has 0 aliphatic rings. The minimum atomic E-state index is 0.0201. The van der Waals surface area contributed by atoms with Crippen LogP contribution in [-0.2, 0) is 17.8 Å². The van der Waals surface area contributed by atoms with Crippen LogP contribution in [0, 0.1) is 0 Å². The molecule has 0 bridgehead atoms. The van der Waals surface area contributed by atoms with E-state index in [2.05, 4.69) is 0 Å². The summed E-state index contributed by atoms with van der Waals surface area (Å²) in [6.07, 6.45) is 0.322. The van der Waals surface area contributed by atoms with Gasteiger partial charge < -0.3 is 10.6 Å². The number of rotatable bonds is 4. The molecule has 0 aliphatic heterocycles. The van der Waals surface area contributed by atoms with Crippen LogP contribution in [0.15, 0.2) is 42.5 Å². The van der Waals surface area contributed by atoms with Gasteiger partial charge in [0.2, 0.25) is 5.91 Å². The normalized spacial score (nSPS) is 10.4. The molecule has 0 unspecified atom stereocenters.